The van der Waals surface area contributed by atoms with Crippen LogP contribution in [0.3, 0.4) is 0 Å². The molecule has 0 atom stereocenters. The van der Waals surface area contributed by atoms with Gasteiger partial charge in [0.05, 0.1) is 24.7 Å². The van der Waals surface area contributed by atoms with Crippen LogP contribution in [0.4, 0.5) is 5.69 Å². The molecule has 3 aromatic carbocycles. The van der Waals surface area contributed by atoms with Crippen LogP contribution in [0.15, 0.2) is 60.7 Å². The van der Waals surface area contributed by atoms with E-state index >= 15 is 0 Å². The minimum atomic E-state index is -0.702. The van der Waals surface area contributed by atoms with Crippen molar-refractivity contribution < 1.29 is 33.6 Å². The number of rotatable bonds is 8. The summed E-state index contributed by atoms with van der Waals surface area (Å²) in [5.41, 5.74) is 4.35. The molecule has 8 nitrogen and oxygen atoms in total. The minimum absolute atomic E-state index is 0. The molecule has 1 aliphatic carbocycles. The highest BCUT2D eigenvalue weighted by molar-refractivity contribution is 6.02. The highest BCUT2D eigenvalue weighted by Crippen LogP contribution is 2.51. The van der Waals surface area contributed by atoms with Gasteiger partial charge in [-0.3, -0.25) is 9.59 Å². The molecule has 1 heterocycles. The van der Waals surface area contributed by atoms with Crippen LogP contribution in [0.1, 0.15) is 38.6 Å². The lowest BCUT2D eigenvalue weighted by Crippen LogP contribution is -2.40. The summed E-state index contributed by atoms with van der Waals surface area (Å²) in [5.74, 6) is 0.948. The third-order valence-corrected chi connectivity index (χ3v) is 6.84. The third-order valence-electron chi connectivity index (χ3n) is 6.84. The number of hydrogen-bond donors (Lipinski definition) is 4. The molecule has 192 valence electrons. The van der Waals surface area contributed by atoms with Gasteiger partial charge >= 0.3 is 0 Å². The molecule has 4 N–H and O–H groups in total. The van der Waals surface area contributed by atoms with Crippen molar-refractivity contribution in [1.29, 1.82) is 0 Å². The predicted molar refractivity (Wildman–Crippen MR) is 140 cm³/mol. The van der Waals surface area contributed by atoms with E-state index in [9.17, 15) is 19.8 Å². The van der Waals surface area contributed by atoms with E-state index in [1.807, 2.05) is 55.5 Å². The first-order valence-corrected chi connectivity index (χ1v) is 11.9. The van der Waals surface area contributed by atoms with E-state index in [0.717, 1.165) is 35.1 Å². The summed E-state index contributed by atoms with van der Waals surface area (Å²) < 4.78 is 10.9. The van der Waals surface area contributed by atoms with E-state index in [4.69, 9.17) is 9.47 Å². The fraction of sp³-hybridized carbons (Fsp3) is 0.286. The first-order valence-electron chi connectivity index (χ1n) is 11.9. The lowest BCUT2D eigenvalue weighted by molar-refractivity contribution is -0.118. The number of aliphatic hydroxyl groups excluding tert-OH is 2. The Kier molecular flexibility index (Phi) is 6.38. The Balaban J connectivity index is 0.00000178. The van der Waals surface area contributed by atoms with E-state index in [1.54, 1.807) is 12.1 Å². The van der Waals surface area contributed by atoms with Crippen LogP contribution in [0.2, 0.25) is 0 Å². The van der Waals surface area contributed by atoms with Crippen LogP contribution in [-0.2, 0) is 10.2 Å². The van der Waals surface area contributed by atoms with Gasteiger partial charge in [0.2, 0.25) is 12.7 Å². The zero-order chi connectivity index (χ0) is 25.3. The Bertz CT molecular complexity index is 1310. The maximum atomic E-state index is 13.3. The largest absolute Gasteiger partial charge is 0.454 e. The highest BCUT2D eigenvalue weighted by Gasteiger charge is 2.51. The van der Waals surface area contributed by atoms with E-state index in [0.29, 0.717) is 22.7 Å². The molecule has 0 unspecified atom stereocenters. The van der Waals surface area contributed by atoms with Gasteiger partial charge in [0.25, 0.3) is 5.91 Å². The van der Waals surface area contributed by atoms with Gasteiger partial charge in [-0.2, -0.15) is 0 Å². The van der Waals surface area contributed by atoms with Crippen molar-refractivity contribution in [2.24, 2.45) is 0 Å². The molecule has 36 heavy (non-hydrogen) atoms. The number of fused-ring (bicyclic) bond motifs is 1. The molecule has 0 saturated heterocycles. The fourth-order valence-electron chi connectivity index (χ4n) is 4.45. The summed E-state index contributed by atoms with van der Waals surface area (Å²) >= 11 is 0. The molecule has 1 saturated carbocycles. The van der Waals surface area contributed by atoms with Crippen molar-refractivity contribution in [2.45, 2.75) is 31.2 Å². The summed E-state index contributed by atoms with van der Waals surface area (Å²) in [7, 11) is 0. The van der Waals surface area contributed by atoms with Gasteiger partial charge < -0.3 is 30.3 Å². The first-order chi connectivity index (χ1) is 17.4. The summed E-state index contributed by atoms with van der Waals surface area (Å²) in [5, 5.41) is 24.0. The number of anilines is 1. The number of hydrogen-bond acceptors (Lipinski definition) is 6. The second-order valence-corrected chi connectivity index (χ2v) is 9.25. The van der Waals surface area contributed by atoms with Gasteiger partial charge in [-0.05, 0) is 78.4 Å². The monoisotopic (exact) mass is 494 g/mol. The van der Waals surface area contributed by atoms with Gasteiger partial charge in [-0.15, -0.1) is 0 Å². The van der Waals surface area contributed by atoms with Crippen LogP contribution in [0.25, 0.3) is 11.1 Å². The number of carbonyl (C=O) groups excluding carboxylic acids is 2. The average molecular weight is 495 g/mol. The van der Waals surface area contributed by atoms with Crippen molar-refractivity contribution >= 4 is 17.5 Å². The summed E-state index contributed by atoms with van der Waals surface area (Å²) in [6, 6.07) is 17.8. The lowest BCUT2D eigenvalue weighted by atomic mass is 9.94. The third kappa shape index (κ3) is 4.53. The molecule has 0 bridgehead atoms. The molecule has 0 radical (unpaired) electrons. The number of benzene rings is 3. The zero-order valence-corrected chi connectivity index (χ0v) is 19.9. The van der Waals surface area contributed by atoms with E-state index < -0.39 is 11.5 Å². The van der Waals surface area contributed by atoms with Crippen LogP contribution in [-0.4, -0.2) is 48.1 Å². The lowest BCUT2D eigenvalue weighted by Gasteiger charge is -2.17. The SMILES string of the molecule is Cc1ccc(NC(=O)C2(c3ccc4c(c3)OCO4)CC2)cc1-c1ccc(C(=O)NC(CO)CO)cc1.[HH].[HH].[HH]. The van der Waals surface area contributed by atoms with Crippen molar-refractivity contribution in [3.63, 3.8) is 0 Å². The number of nitrogens with one attached hydrogen (secondary N) is 2. The van der Waals surface area contributed by atoms with Gasteiger partial charge in [-0.1, -0.05) is 24.3 Å². The number of carbonyl (C=O) groups is 2. The molecule has 3 aromatic rings. The first kappa shape index (κ1) is 23.8. The quantitative estimate of drug-likeness (QED) is 0.378. The second-order valence-electron chi connectivity index (χ2n) is 9.25. The molecule has 1 fully saturated rings. The fourth-order valence-corrected chi connectivity index (χ4v) is 4.45. The summed E-state index contributed by atoms with van der Waals surface area (Å²) in [4.78, 5) is 25.7. The Morgan fingerprint density at radius 3 is 2.39 bits per heavy atom. The molecular weight excluding hydrogens is 460 g/mol. The topological polar surface area (TPSA) is 117 Å². The Labute approximate surface area is 213 Å². The van der Waals surface area contributed by atoms with Crippen LogP contribution >= 0.6 is 0 Å². The second kappa shape index (κ2) is 9.64. The van der Waals surface area contributed by atoms with Crippen LogP contribution in [0.5, 0.6) is 11.5 Å². The molecule has 5 rings (SSSR count). The van der Waals surface area contributed by atoms with Crippen LogP contribution < -0.4 is 20.1 Å². The van der Waals surface area contributed by atoms with Crippen LogP contribution in [0, 0.1) is 6.92 Å². The van der Waals surface area contributed by atoms with Gasteiger partial charge in [0, 0.05) is 15.5 Å². The standard InChI is InChI=1S/C28H28N2O6.3H2/c1-17-2-8-21(13-23(17)18-3-5-19(6-4-18)26(33)29-22(14-31)15-32)30-27(34)28(10-11-28)20-7-9-24-25(12-20)36-16-35-24;;;/h2-9,12-13,22,31-32H,10-11,14-16H2,1H3,(H,29,33)(H,30,34);3*1H. The molecular formula is C28H34N2O6. The van der Waals surface area contributed by atoms with E-state index in [-0.39, 0.29) is 36.1 Å². The zero-order valence-electron chi connectivity index (χ0n) is 19.9. The van der Waals surface area contributed by atoms with E-state index in [1.165, 1.54) is 0 Å². The summed E-state index contributed by atoms with van der Waals surface area (Å²) in [6.07, 6.45) is 1.54. The molecule has 0 aromatic heterocycles. The maximum absolute atomic E-state index is 13.3. The van der Waals surface area contributed by atoms with Crippen molar-refractivity contribution in [2.75, 3.05) is 25.3 Å². The smallest absolute Gasteiger partial charge is 0.251 e. The minimum Gasteiger partial charge on any atom is -0.454 e. The molecule has 0 spiro atoms. The average Bonchev–Trinajstić information content (AvgIpc) is 3.59. The van der Waals surface area contributed by atoms with Crippen molar-refractivity contribution in [3.05, 3.63) is 77.4 Å². The van der Waals surface area contributed by atoms with Gasteiger partial charge in [0.1, 0.15) is 0 Å². The van der Waals surface area contributed by atoms with Gasteiger partial charge in [0.15, 0.2) is 11.5 Å². The van der Waals surface area contributed by atoms with E-state index in [2.05, 4.69) is 10.6 Å². The Morgan fingerprint density at radius 2 is 1.69 bits per heavy atom. The highest BCUT2D eigenvalue weighted by atomic mass is 16.7. The normalized spacial score (nSPS) is 15.0. The van der Waals surface area contributed by atoms with Crippen molar-refractivity contribution in [3.8, 4) is 22.6 Å². The molecule has 1 aliphatic heterocycles. The van der Waals surface area contributed by atoms with Crippen molar-refractivity contribution in [1.82, 2.24) is 5.32 Å². The maximum Gasteiger partial charge on any atom is 0.251 e. The number of aryl methyl sites for hydroxylation is 1. The number of ether oxygens (including phenoxy) is 2. The molecule has 2 amide bonds. The Morgan fingerprint density at radius 1 is 0.972 bits per heavy atom. The number of aliphatic hydroxyl groups is 2. The summed E-state index contributed by atoms with van der Waals surface area (Å²) in [6.45, 7) is 1.51. The molecule has 8 heteroatoms. The Hall–Kier alpha value is -3.88. The predicted octanol–water partition coefficient (Wildman–Crippen LogP) is 3.88. The molecule has 2 aliphatic rings. The number of amides is 2. The van der Waals surface area contributed by atoms with Gasteiger partial charge in [-0.25, -0.2) is 0 Å².